The van der Waals surface area contributed by atoms with E-state index in [2.05, 4.69) is 32.6 Å². The first-order chi connectivity index (χ1) is 9.19. The SMILES string of the molecule is COc1ccc(CCNc2nc(=S)[nH]nc2C)cc1. The normalized spacial score (nSPS) is 10.2. The van der Waals surface area contributed by atoms with Crippen molar-refractivity contribution in [2.45, 2.75) is 13.3 Å². The Balaban J connectivity index is 1.92. The van der Waals surface area contributed by atoms with Gasteiger partial charge in [-0.3, -0.25) is 5.10 Å². The molecule has 1 heterocycles. The highest BCUT2D eigenvalue weighted by atomic mass is 32.1. The van der Waals surface area contributed by atoms with E-state index in [1.165, 1.54) is 5.56 Å². The number of anilines is 1. The molecule has 19 heavy (non-hydrogen) atoms. The molecular formula is C13H16N4OS. The maximum atomic E-state index is 5.12. The van der Waals surface area contributed by atoms with E-state index in [1.54, 1.807) is 7.11 Å². The van der Waals surface area contributed by atoms with Crippen molar-refractivity contribution >= 4 is 18.0 Å². The van der Waals surface area contributed by atoms with Crippen LogP contribution in [-0.4, -0.2) is 28.8 Å². The van der Waals surface area contributed by atoms with Crippen LogP contribution in [0.1, 0.15) is 11.3 Å². The summed E-state index contributed by atoms with van der Waals surface area (Å²) < 4.78 is 5.51. The maximum Gasteiger partial charge on any atom is 0.215 e. The zero-order valence-corrected chi connectivity index (χ0v) is 11.8. The first-order valence-corrected chi connectivity index (χ1v) is 6.40. The lowest BCUT2D eigenvalue weighted by Gasteiger charge is -2.07. The van der Waals surface area contributed by atoms with Gasteiger partial charge >= 0.3 is 0 Å². The second kappa shape index (κ2) is 6.29. The fourth-order valence-corrected chi connectivity index (χ4v) is 1.81. The van der Waals surface area contributed by atoms with E-state index < -0.39 is 0 Å². The van der Waals surface area contributed by atoms with Crippen LogP contribution < -0.4 is 10.1 Å². The molecule has 0 spiro atoms. The standard InChI is InChI=1S/C13H16N4OS/c1-9-12(15-13(19)17-16-9)14-8-7-10-3-5-11(18-2)6-4-10/h3-6H,7-8H2,1-2H3,(H2,14,15,17,19). The molecule has 0 saturated carbocycles. The third-order valence-electron chi connectivity index (χ3n) is 2.74. The molecule has 0 aliphatic heterocycles. The van der Waals surface area contributed by atoms with Gasteiger partial charge in [-0.1, -0.05) is 12.1 Å². The van der Waals surface area contributed by atoms with E-state index in [4.69, 9.17) is 17.0 Å². The van der Waals surface area contributed by atoms with Gasteiger partial charge in [0.15, 0.2) is 5.82 Å². The van der Waals surface area contributed by atoms with Gasteiger partial charge in [-0.2, -0.15) is 10.1 Å². The molecule has 0 atom stereocenters. The molecule has 0 bridgehead atoms. The first kappa shape index (κ1) is 13.5. The summed E-state index contributed by atoms with van der Waals surface area (Å²) >= 11 is 4.95. The lowest BCUT2D eigenvalue weighted by Crippen LogP contribution is -2.09. The van der Waals surface area contributed by atoms with E-state index >= 15 is 0 Å². The van der Waals surface area contributed by atoms with Crippen molar-refractivity contribution in [1.82, 2.24) is 15.2 Å². The molecule has 2 rings (SSSR count). The Labute approximate surface area is 117 Å². The number of hydrogen-bond donors (Lipinski definition) is 2. The number of aromatic amines is 1. The summed E-state index contributed by atoms with van der Waals surface area (Å²) in [5.41, 5.74) is 2.04. The van der Waals surface area contributed by atoms with Crippen LogP contribution in [-0.2, 0) is 6.42 Å². The number of aromatic nitrogens is 3. The molecule has 0 saturated heterocycles. The minimum atomic E-state index is 0.387. The van der Waals surface area contributed by atoms with Crippen molar-refractivity contribution in [2.75, 3.05) is 19.0 Å². The van der Waals surface area contributed by atoms with Gasteiger partial charge in [0.2, 0.25) is 4.77 Å². The molecule has 0 radical (unpaired) electrons. The number of aryl methyl sites for hydroxylation is 1. The lowest BCUT2D eigenvalue weighted by molar-refractivity contribution is 0.414. The monoisotopic (exact) mass is 276 g/mol. The average Bonchev–Trinajstić information content (AvgIpc) is 2.43. The zero-order chi connectivity index (χ0) is 13.7. The fraction of sp³-hybridized carbons (Fsp3) is 0.308. The van der Waals surface area contributed by atoms with Crippen LogP contribution in [0.4, 0.5) is 5.82 Å². The second-order valence-corrected chi connectivity index (χ2v) is 4.49. The molecule has 100 valence electrons. The highest BCUT2D eigenvalue weighted by Crippen LogP contribution is 2.12. The van der Waals surface area contributed by atoms with Gasteiger partial charge in [-0.15, -0.1) is 0 Å². The summed E-state index contributed by atoms with van der Waals surface area (Å²) in [5.74, 6) is 1.60. The van der Waals surface area contributed by atoms with E-state index in [0.717, 1.165) is 30.2 Å². The Morgan fingerprint density at radius 1 is 1.32 bits per heavy atom. The van der Waals surface area contributed by atoms with E-state index in [0.29, 0.717) is 4.77 Å². The Bertz CT molecular complexity index is 594. The van der Waals surface area contributed by atoms with E-state index in [-0.39, 0.29) is 0 Å². The summed E-state index contributed by atoms with van der Waals surface area (Å²) in [7, 11) is 1.66. The van der Waals surface area contributed by atoms with Crippen LogP contribution in [0.25, 0.3) is 0 Å². The number of nitrogens with one attached hydrogen (secondary N) is 2. The smallest absolute Gasteiger partial charge is 0.215 e. The van der Waals surface area contributed by atoms with Crippen molar-refractivity contribution in [3.63, 3.8) is 0 Å². The molecule has 6 heteroatoms. The molecule has 2 aromatic rings. The maximum absolute atomic E-state index is 5.12. The molecule has 0 aliphatic rings. The van der Waals surface area contributed by atoms with Crippen molar-refractivity contribution in [3.05, 3.63) is 40.3 Å². The Morgan fingerprint density at radius 3 is 2.74 bits per heavy atom. The van der Waals surface area contributed by atoms with Crippen LogP contribution in [0, 0.1) is 11.7 Å². The number of nitrogens with zero attached hydrogens (tertiary/aromatic N) is 2. The van der Waals surface area contributed by atoms with Gasteiger partial charge < -0.3 is 10.1 Å². The fourth-order valence-electron chi connectivity index (χ4n) is 1.68. The molecule has 5 nitrogen and oxygen atoms in total. The van der Waals surface area contributed by atoms with Crippen LogP contribution >= 0.6 is 12.2 Å². The van der Waals surface area contributed by atoms with Crippen molar-refractivity contribution in [2.24, 2.45) is 0 Å². The summed E-state index contributed by atoms with van der Waals surface area (Å²) in [6.07, 6.45) is 0.899. The van der Waals surface area contributed by atoms with Crippen LogP contribution in [0.3, 0.4) is 0 Å². The predicted octanol–water partition coefficient (Wildman–Crippen LogP) is 2.51. The van der Waals surface area contributed by atoms with Gasteiger partial charge in [0.05, 0.1) is 12.8 Å². The van der Waals surface area contributed by atoms with Gasteiger partial charge in [0, 0.05) is 6.54 Å². The average molecular weight is 276 g/mol. The first-order valence-electron chi connectivity index (χ1n) is 5.99. The number of hydrogen-bond acceptors (Lipinski definition) is 5. The predicted molar refractivity (Wildman–Crippen MR) is 77.1 cm³/mol. The lowest BCUT2D eigenvalue weighted by atomic mass is 10.1. The minimum absolute atomic E-state index is 0.387. The molecular weight excluding hydrogens is 260 g/mol. The molecule has 1 aromatic carbocycles. The Hall–Kier alpha value is -1.95. The third kappa shape index (κ3) is 3.75. The third-order valence-corrected chi connectivity index (χ3v) is 2.92. The molecule has 0 fully saturated rings. The Kier molecular flexibility index (Phi) is 4.46. The largest absolute Gasteiger partial charge is 0.497 e. The summed E-state index contributed by atoms with van der Waals surface area (Å²) in [5, 5.41) is 9.96. The number of methoxy groups -OCH3 is 1. The second-order valence-electron chi connectivity index (χ2n) is 4.10. The highest BCUT2D eigenvalue weighted by Gasteiger charge is 2.01. The van der Waals surface area contributed by atoms with Gasteiger partial charge in [0.1, 0.15) is 5.75 Å². The summed E-state index contributed by atoms with van der Waals surface area (Å²) in [6.45, 7) is 2.66. The summed E-state index contributed by atoms with van der Waals surface area (Å²) in [6, 6.07) is 8.02. The minimum Gasteiger partial charge on any atom is -0.497 e. The van der Waals surface area contributed by atoms with E-state index in [1.807, 2.05) is 19.1 Å². The van der Waals surface area contributed by atoms with Gasteiger partial charge in [-0.05, 0) is 43.3 Å². The van der Waals surface area contributed by atoms with Crippen LogP contribution in [0.5, 0.6) is 5.75 Å². The number of benzene rings is 1. The molecule has 2 N–H and O–H groups in total. The highest BCUT2D eigenvalue weighted by molar-refractivity contribution is 7.71. The number of ether oxygens (including phenoxy) is 1. The quantitative estimate of drug-likeness (QED) is 0.822. The number of rotatable bonds is 5. The molecule has 0 aliphatic carbocycles. The van der Waals surface area contributed by atoms with Gasteiger partial charge in [-0.25, -0.2) is 0 Å². The molecule has 0 unspecified atom stereocenters. The van der Waals surface area contributed by atoms with Gasteiger partial charge in [0.25, 0.3) is 0 Å². The zero-order valence-electron chi connectivity index (χ0n) is 10.9. The number of H-pyrrole nitrogens is 1. The van der Waals surface area contributed by atoms with Crippen molar-refractivity contribution < 1.29 is 4.74 Å². The van der Waals surface area contributed by atoms with E-state index in [9.17, 15) is 0 Å². The Morgan fingerprint density at radius 2 is 2.05 bits per heavy atom. The molecule has 1 aromatic heterocycles. The van der Waals surface area contributed by atoms with Crippen LogP contribution in [0.15, 0.2) is 24.3 Å². The molecule has 0 amide bonds. The summed E-state index contributed by atoms with van der Waals surface area (Å²) in [4.78, 5) is 4.20. The van der Waals surface area contributed by atoms with Crippen molar-refractivity contribution in [3.8, 4) is 5.75 Å². The van der Waals surface area contributed by atoms with Crippen LogP contribution in [0.2, 0.25) is 0 Å². The van der Waals surface area contributed by atoms with Crippen molar-refractivity contribution in [1.29, 1.82) is 0 Å². The topological polar surface area (TPSA) is 62.8 Å².